The Morgan fingerprint density at radius 3 is 2.37 bits per heavy atom. The van der Waals surface area contributed by atoms with Crippen molar-refractivity contribution in [3.05, 3.63) is 35.9 Å². The molecule has 0 aliphatic carbocycles. The molecule has 0 bridgehead atoms. The van der Waals surface area contributed by atoms with Crippen molar-refractivity contribution in [2.75, 3.05) is 13.1 Å². The van der Waals surface area contributed by atoms with Crippen LogP contribution < -0.4 is 10.2 Å². The molecule has 1 fully saturated rings. The van der Waals surface area contributed by atoms with Gasteiger partial charge in [0.1, 0.15) is 0 Å². The van der Waals surface area contributed by atoms with Gasteiger partial charge in [0, 0.05) is 0 Å². The predicted octanol–water partition coefficient (Wildman–Crippen LogP) is 1.32. The summed E-state index contributed by atoms with van der Waals surface area (Å²) in [7, 11) is 0. The lowest BCUT2D eigenvalue weighted by Crippen LogP contribution is -3.17. The number of nitrogens with one attached hydrogen (secondary N) is 2. The molecule has 1 heterocycles. The van der Waals surface area contributed by atoms with E-state index < -0.39 is 0 Å². The molecule has 1 amide bonds. The fraction of sp³-hybridized carbons (Fsp3) is 0.562. The highest BCUT2D eigenvalue weighted by Gasteiger charge is 2.27. The highest BCUT2D eigenvalue weighted by molar-refractivity contribution is 5.80. The van der Waals surface area contributed by atoms with Crippen molar-refractivity contribution in [3.63, 3.8) is 0 Å². The van der Waals surface area contributed by atoms with Gasteiger partial charge in [0.2, 0.25) is 0 Å². The molecule has 1 aliphatic heterocycles. The summed E-state index contributed by atoms with van der Waals surface area (Å²) >= 11 is 0. The number of rotatable bonds is 4. The average Bonchev–Trinajstić information content (AvgIpc) is 2.48. The molecule has 104 valence electrons. The van der Waals surface area contributed by atoms with E-state index >= 15 is 0 Å². The van der Waals surface area contributed by atoms with Crippen LogP contribution in [0.1, 0.15) is 44.7 Å². The Balaban J connectivity index is 1.89. The molecule has 3 nitrogen and oxygen atoms in total. The predicted molar refractivity (Wildman–Crippen MR) is 77.0 cm³/mol. The van der Waals surface area contributed by atoms with Crippen LogP contribution in [0.15, 0.2) is 30.3 Å². The fourth-order valence-corrected chi connectivity index (χ4v) is 2.79. The van der Waals surface area contributed by atoms with Crippen LogP contribution in [0.3, 0.4) is 0 Å². The van der Waals surface area contributed by atoms with Crippen LogP contribution in [0, 0.1) is 0 Å². The summed E-state index contributed by atoms with van der Waals surface area (Å²) in [6, 6.07) is 10.3. The number of hydrogen-bond acceptors (Lipinski definition) is 1. The first-order valence-electron chi connectivity index (χ1n) is 7.38. The SMILES string of the molecule is C[C@H](NC(=O)[C@@H](C)[NH+]1CCCCC1)c1ccccc1. The van der Waals surface area contributed by atoms with Crippen LogP contribution >= 0.6 is 0 Å². The molecule has 0 spiro atoms. The Kier molecular flexibility index (Phi) is 4.97. The topological polar surface area (TPSA) is 33.5 Å². The summed E-state index contributed by atoms with van der Waals surface area (Å²) in [5.41, 5.74) is 1.16. The number of amides is 1. The number of likely N-dealkylation sites (tertiary alicyclic amines) is 1. The highest BCUT2D eigenvalue weighted by atomic mass is 16.2. The van der Waals surface area contributed by atoms with Gasteiger partial charge in [0.05, 0.1) is 19.1 Å². The van der Waals surface area contributed by atoms with Crippen LogP contribution in [0.4, 0.5) is 0 Å². The Hall–Kier alpha value is -1.35. The minimum atomic E-state index is 0.0615. The maximum atomic E-state index is 12.3. The summed E-state index contributed by atoms with van der Waals surface area (Å²) < 4.78 is 0. The molecule has 1 aliphatic rings. The van der Waals surface area contributed by atoms with Crippen molar-refractivity contribution >= 4 is 5.91 Å². The second-order valence-electron chi connectivity index (χ2n) is 5.58. The van der Waals surface area contributed by atoms with Crippen molar-refractivity contribution < 1.29 is 9.69 Å². The van der Waals surface area contributed by atoms with Gasteiger partial charge in [-0.2, -0.15) is 0 Å². The van der Waals surface area contributed by atoms with E-state index in [-0.39, 0.29) is 18.0 Å². The van der Waals surface area contributed by atoms with Gasteiger partial charge in [0.15, 0.2) is 6.04 Å². The van der Waals surface area contributed by atoms with Crippen molar-refractivity contribution in [1.82, 2.24) is 5.32 Å². The lowest BCUT2D eigenvalue weighted by atomic mass is 10.1. The maximum Gasteiger partial charge on any atom is 0.278 e. The third kappa shape index (κ3) is 3.80. The largest absolute Gasteiger partial charge is 0.344 e. The number of hydrogen-bond donors (Lipinski definition) is 2. The molecule has 2 N–H and O–H groups in total. The molecule has 1 saturated heterocycles. The molecule has 1 aromatic carbocycles. The molecule has 0 saturated carbocycles. The summed E-state index contributed by atoms with van der Waals surface area (Å²) in [5, 5.41) is 3.13. The number of carbonyl (C=O) groups excluding carboxylic acids is 1. The first-order chi connectivity index (χ1) is 9.18. The van der Waals surface area contributed by atoms with Crippen LogP contribution in [0.5, 0.6) is 0 Å². The van der Waals surface area contributed by atoms with Crippen molar-refractivity contribution in [3.8, 4) is 0 Å². The van der Waals surface area contributed by atoms with E-state index in [2.05, 4.69) is 17.4 Å². The molecule has 2 atom stereocenters. The highest BCUT2D eigenvalue weighted by Crippen LogP contribution is 2.10. The summed E-state index contributed by atoms with van der Waals surface area (Å²) in [6.07, 6.45) is 3.82. The first kappa shape index (κ1) is 14.1. The van der Waals surface area contributed by atoms with E-state index in [0.29, 0.717) is 0 Å². The summed E-state index contributed by atoms with van der Waals surface area (Å²) in [5.74, 6) is 0.174. The van der Waals surface area contributed by atoms with Crippen molar-refractivity contribution in [1.29, 1.82) is 0 Å². The number of carbonyl (C=O) groups is 1. The molecule has 3 heteroatoms. The van der Waals surface area contributed by atoms with Crippen LogP contribution in [0.25, 0.3) is 0 Å². The van der Waals surface area contributed by atoms with Gasteiger partial charge >= 0.3 is 0 Å². The van der Waals surface area contributed by atoms with Crippen LogP contribution in [0.2, 0.25) is 0 Å². The fourth-order valence-electron chi connectivity index (χ4n) is 2.79. The molecule has 1 aromatic rings. The molecule has 2 rings (SSSR count). The Morgan fingerprint density at radius 2 is 1.74 bits per heavy atom. The minimum absolute atomic E-state index is 0.0615. The number of quaternary nitrogens is 1. The van der Waals surface area contributed by atoms with E-state index in [9.17, 15) is 4.79 Å². The Labute approximate surface area is 116 Å². The van der Waals surface area contributed by atoms with Crippen molar-refractivity contribution in [2.24, 2.45) is 0 Å². The van der Waals surface area contributed by atoms with E-state index in [4.69, 9.17) is 0 Å². The normalized spacial score (nSPS) is 19.7. The van der Waals surface area contributed by atoms with E-state index in [1.807, 2.05) is 32.0 Å². The van der Waals surface area contributed by atoms with Gasteiger partial charge in [-0.15, -0.1) is 0 Å². The Morgan fingerprint density at radius 1 is 1.11 bits per heavy atom. The smallest absolute Gasteiger partial charge is 0.278 e. The molecular formula is C16H25N2O+. The number of piperidine rings is 1. The second kappa shape index (κ2) is 6.71. The second-order valence-corrected chi connectivity index (χ2v) is 5.58. The van der Waals surface area contributed by atoms with Crippen LogP contribution in [-0.4, -0.2) is 25.0 Å². The standard InChI is InChI=1S/C16H24N2O/c1-13(15-9-5-3-6-10-15)17-16(19)14(2)18-11-7-4-8-12-18/h3,5-6,9-10,13-14H,4,7-8,11-12H2,1-2H3,(H,17,19)/p+1/t13-,14+/m0/s1. The van der Waals surface area contributed by atoms with Gasteiger partial charge in [-0.1, -0.05) is 30.3 Å². The average molecular weight is 261 g/mol. The van der Waals surface area contributed by atoms with Gasteiger partial charge in [0.25, 0.3) is 5.91 Å². The van der Waals surface area contributed by atoms with Crippen molar-refractivity contribution in [2.45, 2.75) is 45.2 Å². The minimum Gasteiger partial charge on any atom is -0.344 e. The molecule has 0 aromatic heterocycles. The van der Waals surface area contributed by atoms with E-state index in [1.165, 1.54) is 24.2 Å². The lowest BCUT2D eigenvalue weighted by molar-refractivity contribution is -0.918. The molecule has 0 unspecified atom stereocenters. The quantitative estimate of drug-likeness (QED) is 0.842. The Bertz CT molecular complexity index is 398. The first-order valence-corrected chi connectivity index (χ1v) is 7.38. The maximum absolute atomic E-state index is 12.3. The zero-order chi connectivity index (χ0) is 13.7. The monoisotopic (exact) mass is 261 g/mol. The third-order valence-corrected chi connectivity index (χ3v) is 4.16. The zero-order valence-corrected chi connectivity index (χ0v) is 12.0. The molecular weight excluding hydrogens is 236 g/mol. The van der Waals surface area contributed by atoms with Crippen LogP contribution in [-0.2, 0) is 4.79 Å². The van der Waals surface area contributed by atoms with Gasteiger partial charge < -0.3 is 10.2 Å². The van der Waals surface area contributed by atoms with Gasteiger partial charge in [-0.25, -0.2) is 0 Å². The number of benzene rings is 1. The molecule has 0 radical (unpaired) electrons. The summed E-state index contributed by atoms with van der Waals surface area (Å²) in [4.78, 5) is 13.7. The van der Waals surface area contributed by atoms with Gasteiger partial charge in [-0.3, -0.25) is 4.79 Å². The summed E-state index contributed by atoms with van der Waals surface area (Å²) in [6.45, 7) is 6.36. The third-order valence-electron chi connectivity index (χ3n) is 4.16. The zero-order valence-electron chi connectivity index (χ0n) is 12.0. The van der Waals surface area contributed by atoms with E-state index in [1.54, 1.807) is 0 Å². The van der Waals surface area contributed by atoms with Gasteiger partial charge in [-0.05, 0) is 38.7 Å². The molecule has 19 heavy (non-hydrogen) atoms. The van der Waals surface area contributed by atoms with E-state index in [0.717, 1.165) is 18.7 Å². The lowest BCUT2D eigenvalue weighted by Gasteiger charge is -2.29.